The molecule has 22 heavy (non-hydrogen) atoms. The first-order valence-corrected chi connectivity index (χ1v) is 9.30. The molecule has 4 amide bonds. The van der Waals surface area contributed by atoms with Crippen LogP contribution >= 0.6 is 11.8 Å². The minimum atomic E-state index is -0.479. The van der Waals surface area contributed by atoms with Gasteiger partial charge in [-0.15, -0.1) is 0 Å². The number of likely N-dealkylation sites (N-methyl/N-ethyl adjacent to an activating group) is 1. The second-order valence-corrected chi connectivity index (χ2v) is 6.99. The van der Waals surface area contributed by atoms with Gasteiger partial charge < -0.3 is 10.2 Å². The van der Waals surface area contributed by atoms with Gasteiger partial charge >= 0.3 is 6.03 Å². The van der Waals surface area contributed by atoms with Crippen molar-refractivity contribution in [2.24, 2.45) is 0 Å². The summed E-state index contributed by atoms with van der Waals surface area (Å²) in [6.45, 7) is -0.145. The van der Waals surface area contributed by atoms with E-state index in [4.69, 9.17) is 0 Å². The molecule has 0 aromatic rings. The molecule has 0 radical (unpaired) electrons. The largest absolute Gasteiger partial charge is 0.341 e. The maximum Gasteiger partial charge on any atom is 0.325 e. The van der Waals surface area contributed by atoms with Gasteiger partial charge in [0.05, 0.1) is 0 Å². The SMILES string of the molecule is CSCCC1NC(=O)N(CC(=O)N(C)C2CCCCC2)C1=O. The van der Waals surface area contributed by atoms with Gasteiger partial charge in [-0.25, -0.2) is 4.79 Å². The number of hydrogen-bond donors (Lipinski definition) is 1. The Hall–Kier alpha value is -1.24. The summed E-state index contributed by atoms with van der Waals surface area (Å²) in [6, 6.07) is -0.677. The smallest absolute Gasteiger partial charge is 0.325 e. The van der Waals surface area contributed by atoms with E-state index in [-0.39, 0.29) is 24.4 Å². The summed E-state index contributed by atoms with van der Waals surface area (Å²) in [4.78, 5) is 39.3. The monoisotopic (exact) mass is 327 g/mol. The summed E-state index contributed by atoms with van der Waals surface area (Å²) in [7, 11) is 1.78. The summed E-state index contributed by atoms with van der Waals surface area (Å²) in [5, 5.41) is 2.67. The van der Waals surface area contributed by atoms with Crippen LogP contribution in [0.4, 0.5) is 4.79 Å². The molecule has 1 atom stereocenters. The Morgan fingerprint density at radius 3 is 2.64 bits per heavy atom. The zero-order valence-electron chi connectivity index (χ0n) is 13.3. The molecule has 1 aliphatic carbocycles. The maximum absolute atomic E-state index is 12.4. The van der Waals surface area contributed by atoms with Crippen LogP contribution in [0.3, 0.4) is 0 Å². The van der Waals surface area contributed by atoms with Crippen molar-refractivity contribution in [3.05, 3.63) is 0 Å². The van der Waals surface area contributed by atoms with Crippen LogP contribution in [0.15, 0.2) is 0 Å². The minimum Gasteiger partial charge on any atom is -0.341 e. The lowest BCUT2D eigenvalue weighted by Crippen LogP contribution is -2.46. The number of nitrogens with zero attached hydrogens (tertiary/aromatic N) is 2. The number of nitrogens with one attached hydrogen (secondary N) is 1. The lowest BCUT2D eigenvalue weighted by Gasteiger charge is -2.32. The van der Waals surface area contributed by atoms with E-state index >= 15 is 0 Å². The predicted octanol–water partition coefficient (Wildman–Crippen LogP) is 1.45. The van der Waals surface area contributed by atoms with Crippen LogP contribution in [0.5, 0.6) is 0 Å². The average Bonchev–Trinajstić information content (AvgIpc) is 2.80. The molecule has 1 saturated carbocycles. The van der Waals surface area contributed by atoms with Crippen molar-refractivity contribution in [1.82, 2.24) is 15.1 Å². The lowest BCUT2D eigenvalue weighted by molar-refractivity contribution is -0.138. The number of thioether (sulfide) groups is 1. The van der Waals surface area contributed by atoms with Crippen LogP contribution in [-0.4, -0.2) is 65.3 Å². The molecule has 0 spiro atoms. The van der Waals surface area contributed by atoms with E-state index in [1.165, 1.54) is 6.42 Å². The van der Waals surface area contributed by atoms with Crippen LogP contribution in [0.1, 0.15) is 38.5 Å². The third-order valence-electron chi connectivity index (χ3n) is 4.53. The maximum atomic E-state index is 12.4. The van der Waals surface area contributed by atoms with Gasteiger partial charge in [0.15, 0.2) is 0 Å². The van der Waals surface area contributed by atoms with E-state index in [9.17, 15) is 14.4 Å². The second-order valence-electron chi connectivity index (χ2n) is 6.00. The summed E-state index contributed by atoms with van der Waals surface area (Å²) in [6.07, 6.45) is 8.10. The first kappa shape index (κ1) is 17.1. The van der Waals surface area contributed by atoms with Gasteiger partial charge in [0.25, 0.3) is 5.91 Å². The van der Waals surface area contributed by atoms with Crippen molar-refractivity contribution in [2.45, 2.75) is 50.6 Å². The third kappa shape index (κ3) is 3.94. The Morgan fingerprint density at radius 1 is 1.32 bits per heavy atom. The molecular weight excluding hydrogens is 302 g/mol. The van der Waals surface area contributed by atoms with Crippen molar-refractivity contribution in [3.63, 3.8) is 0 Å². The Kier molecular flexibility index (Phi) is 6.11. The van der Waals surface area contributed by atoms with E-state index in [2.05, 4.69) is 5.32 Å². The summed E-state index contributed by atoms with van der Waals surface area (Å²) >= 11 is 1.63. The Labute approximate surface area is 136 Å². The highest BCUT2D eigenvalue weighted by atomic mass is 32.2. The quantitative estimate of drug-likeness (QED) is 0.750. The van der Waals surface area contributed by atoms with Crippen molar-refractivity contribution >= 4 is 29.6 Å². The van der Waals surface area contributed by atoms with Gasteiger partial charge in [-0.3, -0.25) is 14.5 Å². The van der Waals surface area contributed by atoms with Crippen LogP contribution in [-0.2, 0) is 9.59 Å². The summed E-state index contributed by atoms with van der Waals surface area (Å²) in [5.41, 5.74) is 0. The average molecular weight is 327 g/mol. The number of rotatable bonds is 6. The Morgan fingerprint density at radius 2 is 2.00 bits per heavy atom. The number of hydrogen-bond acceptors (Lipinski definition) is 4. The molecule has 2 rings (SSSR count). The molecule has 7 heteroatoms. The van der Waals surface area contributed by atoms with E-state index in [0.29, 0.717) is 6.42 Å². The molecule has 1 aliphatic heterocycles. The first-order chi connectivity index (χ1) is 10.5. The van der Waals surface area contributed by atoms with Gasteiger partial charge in [-0.1, -0.05) is 19.3 Å². The Balaban J connectivity index is 1.90. The number of carbonyl (C=O) groups is 3. The van der Waals surface area contributed by atoms with Gasteiger partial charge in [-0.2, -0.15) is 11.8 Å². The topological polar surface area (TPSA) is 69.7 Å². The normalized spacial score (nSPS) is 22.8. The van der Waals surface area contributed by atoms with E-state index in [1.807, 2.05) is 6.26 Å². The van der Waals surface area contributed by atoms with Gasteiger partial charge in [-0.05, 0) is 31.3 Å². The van der Waals surface area contributed by atoms with Crippen LogP contribution in [0, 0.1) is 0 Å². The highest BCUT2D eigenvalue weighted by Gasteiger charge is 2.39. The molecule has 2 aliphatic rings. The number of carbonyl (C=O) groups excluding carboxylic acids is 3. The fourth-order valence-electron chi connectivity index (χ4n) is 3.08. The van der Waals surface area contributed by atoms with Crippen molar-refractivity contribution in [2.75, 3.05) is 25.6 Å². The van der Waals surface area contributed by atoms with Crippen LogP contribution in [0.25, 0.3) is 0 Å². The molecule has 0 aromatic heterocycles. The molecule has 1 heterocycles. The van der Waals surface area contributed by atoms with Crippen LogP contribution in [0.2, 0.25) is 0 Å². The van der Waals surface area contributed by atoms with E-state index in [1.54, 1.807) is 23.7 Å². The minimum absolute atomic E-state index is 0.145. The molecule has 1 saturated heterocycles. The van der Waals surface area contributed by atoms with E-state index < -0.39 is 12.1 Å². The molecule has 1 unspecified atom stereocenters. The predicted molar refractivity (Wildman–Crippen MR) is 86.7 cm³/mol. The number of amides is 4. The number of urea groups is 1. The molecule has 1 N–H and O–H groups in total. The first-order valence-electron chi connectivity index (χ1n) is 7.91. The Bertz CT molecular complexity index is 438. The molecule has 6 nitrogen and oxygen atoms in total. The standard InChI is InChI=1S/C15H25N3O3S/c1-17(11-6-4-3-5-7-11)13(19)10-18-14(20)12(8-9-22-2)16-15(18)21/h11-12H,3-10H2,1-2H3,(H,16,21). The van der Waals surface area contributed by atoms with Crippen LogP contribution < -0.4 is 5.32 Å². The second kappa shape index (κ2) is 7.85. The van der Waals surface area contributed by atoms with Crippen molar-refractivity contribution in [3.8, 4) is 0 Å². The zero-order valence-corrected chi connectivity index (χ0v) is 14.2. The number of imide groups is 1. The van der Waals surface area contributed by atoms with Gasteiger partial charge in [0.1, 0.15) is 12.6 Å². The van der Waals surface area contributed by atoms with Crippen molar-refractivity contribution < 1.29 is 14.4 Å². The third-order valence-corrected chi connectivity index (χ3v) is 5.17. The zero-order chi connectivity index (χ0) is 16.1. The highest BCUT2D eigenvalue weighted by molar-refractivity contribution is 7.98. The highest BCUT2D eigenvalue weighted by Crippen LogP contribution is 2.22. The molecule has 0 bridgehead atoms. The van der Waals surface area contributed by atoms with E-state index in [0.717, 1.165) is 36.3 Å². The van der Waals surface area contributed by atoms with Gasteiger partial charge in [0.2, 0.25) is 5.91 Å². The summed E-state index contributed by atoms with van der Waals surface area (Å²) in [5.74, 6) is 0.380. The summed E-state index contributed by atoms with van der Waals surface area (Å²) < 4.78 is 0. The molecule has 2 fully saturated rings. The van der Waals surface area contributed by atoms with Crippen molar-refractivity contribution in [1.29, 1.82) is 0 Å². The molecule has 0 aromatic carbocycles. The van der Waals surface area contributed by atoms with Gasteiger partial charge in [0, 0.05) is 13.1 Å². The fourth-order valence-corrected chi connectivity index (χ4v) is 3.55. The molecular formula is C15H25N3O3S. The fraction of sp³-hybridized carbons (Fsp3) is 0.800. The lowest BCUT2D eigenvalue weighted by atomic mass is 9.94. The molecule has 124 valence electrons.